The van der Waals surface area contributed by atoms with E-state index in [-0.39, 0.29) is 18.9 Å². The highest BCUT2D eigenvalue weighted by atomic mass is 35.5. The molecule has 6 nitrogen and oxygen atoms in total. The molecule has 1 aliphatic carbocycles. The van der Waals surface area contributed by atoms with Gasteiger partial charge in [-0.1, -0.05) is 43.5 Å². The van der Waals surface area contributed by atoms with Gasteiger partial charge in [0.25, 0.3) is 5.91 Å². The molecule has 3 rings (SSSR count). The van der Waals surface area contributed by atoms with E-state index in [0.717, 1.165) is 5.56 Å². The molecular weight excluding hydrogens is 416 g/mol. The predicted molar refractivity (Wildman–Crippen MR) is 121 cm³/mol. The molecule has 0 saturated heterocycles. The van der Waals surface area contributed by atoms with Gasteiger partial charge in [0.15, 0.2) is 0 Å². The summed E-state index contributed by atoms with van der Waals surface area (Å²) in [5.41, 5.74) is 3.15. The van der Waals surface area contributed by atoms with Crippen LogP contribution in [0, 0.1) is 0 Å². The Morgan fingerprint density at radius 3 is 2.19 bits per heavy atom. The number of carbonyl (C=O) groups is 3. The number of carboxylic acids is 1. The highest BCUT2D eigenvalue weighted by Crippen LogP contribution is 2.33. The summed E-state index contributed by atoms with van der Waals surface area (Å²) in [5.74, 6) is -0.727. The van der Waals surface area contributed by atoms with E-state index in [1.54, 1.807) is 24.3 Å². The molecule has 1 saturated carbocycles. The minimum Gasteiger partial charge on any atom is -0.481 e. The van der Waals surface area contributed by atoms with Crippen molar-refractivity contribution in [3.05, 3.63) is 65.2 Å². The summed E-state index contributed by atoms with van der Waals surface area (Å²) in [6.07, 6.45) is 6.14. The minimum atomic E-state index is -0.969. The summed E-state index contributed by atoms with van der Waals surface area (Å²) >= 11 is 5.87. The van der Waals surface area contributed by atoms with Crippen LogP contribution in [0.3, 0.4) is 0 Å². The Balaban J connectivity index is 1.64. The molecule has 0 bridgehead atoms. The van der Waals surface area contributed by atoms with Crippen molar-refractivity contribution in [1.82, 2.24) is 5.32 Å². The second kappa shape index (κ2) is 11.0. The molecule has 2 aromatic rings. The van der Waals surface area contributed by atoms with Crippen LogP contribution >= 0.6 is 11.6 Å². The molecule has 1 fully saturated rings. The third kappa shape index (κ3) is 6.56. The molecule has 1 atom stereocenters. The largest absolute Gasteiger partial charge is 0.481 e. The molecule has 1 amide bonds. The molecule has 164 valence electrons. The average molecular weight is 443 g/mol. The van der Waals surface area contributed by atoms with E-state index < -0.39 is 17.3 Å². The fraction of sp³-hybridized carbons (Fsp3) is 0.375. The zero-order valence-corrected chi connectivity index (χ0v) is 18.0. The molecule has 1 unspecified atom stereocenters. The van der Waals surface area contributed by atoms with Crippen molar-refractivity contribution >= 4 is 34.4 Å². The number of aliphatic carboxylic acids is 1. The third-order valence-electron chi connectivity index (χ3n) is 5.66. The van der Waals surface area contributed by atoms with Gasteiger partial charge < -0.3 is 15.7 Å². The van der Waals surface area contributed by atoms with Crippen LogP contribution in [0.2, 0.25) is 0 Å². The van der Waals surface area contributed by atoms with Crippen molar-refractivity contribution in [1.29, 1.82) is 0 Å². The van der Waals surface area contributed by atoms with E-state index >= 15 is 0 Å². The number of anilines is 1. The van der Waals surface area contributed by atoms with Crippen molar-refractivity contribution in [3.63, 3.8) is 0 Å². The number of amides is 1. The zero-order valence-electron chi connectivity index (χ0n) is 17.3. The molecule has 3 N–H and O–H groups in total. The van der Waals surface area contributed by atoms with Crippen LogP contribution in [0.1, 0.15) is 72.0 Å². The maximum absolute atomic E-state index is 12.1. The van der Waals surface area contributed by atoms with Crippen LogP contribution in [0.25, 0.3) is 0 Å². The predicted octanol–water partition coefficient (Wildman–Crippen LogP) is 4.86. The fourth-order valence-electron chi connectivity index (χ4n) is 3.94. The summed E-state index contributed by atoms with van der Waals surface area (Å²) < 4.78 is 0. The van der Waals surface area contributed by atoms with Gasteiger partial charge in [0.2, 0.25) is 5.24 Å². The number of rotatable bonds is 9. The van der Waals surface area contributed by atoms with Crippen LogP contribution in [-0.4, -0.2) is 28.8 Å². The number of carboxylic acid groups (broad SMARTS) is 1. The number of hydrogen-bond acceptors (Lipinski definition) is 4. The van der Waals surface area contributed by atoms with Crippen LogP contribution in [0.15, 0.2) is 48.5 Å². The lowest BCUT2D eigenvalue weighted by atomic mass is 9.84. The fourth-order valence-corrected chi connectivity index (χ4v) is 4.12. The molecule has 0 radical (unpaired) electrons. The molecule has 0 aliphatic heterocycles. The van der Waals surface area contributed by atoms with Crippen molar-refractivity contribution < 1.29 is 19.5 Å². The standard InChI is InChI=1S/C24H27ClN2O4/c25-23(30)22(18-8-6-17(7-9-18)16-4-2-1-3-5-16)27-20-12-10-19(11-13-20)24(31)26-15-14-21(28)29/h6-13,16,22,27H,1-5,14-15H2,(H,26,31)(H,28,29). The lowest BCUT2D eigenvalue weighted by molar-refractivity contribution is -0.136. The Kier molecular flexibility index (Phi) is 8.06. The van der Waals surface area contributed by atoms with Gasteiger partial charge in [-0.3, -0.25) is 14.4 Å². The van der Waals surface area contributed by atoms with Crippen molar-refractivity contribution in [2.75, 3.05) is 11.9 Å². The Morgan fingerprint density at radius 2 is 1.61 bits per heavy atom. The Bertz CT molecular complexity index is 906. The van der Waals surface area contributed by atoms with Crippen LogP contribution < -0.4 is 10.6 Å². The second-order valence-corrected chi connectivity index (χ2v) is 8.23. The molecule has 0 spiro atoms. The molecular formula is C24H27ClN2O4. The first-order chi connectivity index (χ1) is 14.9. The van der Waals surface area contributed by atoms with Gasteiger partial charge in [-0.2, -0.15) is 0 Å². The number of halogens is 1. The van der Waals surface area contributed by atoms with Crippen molar-refractivity contribution in [2.24, 2.45) is 0 Å². The summed E-state index contributed by atoms with van der Waals surface area (Å²) in [4.78, 5) is 34.7. The van der Waals surface area contributed by atoms with Crippen molar-refractivity contribution in [2.45, 2.75) is 50.5 Å². The number of hydrogen-bond donors (Lipinski definition) is 3. The van der Waals surface area contributed by atoms with Gasteiger partial charge in [-0.25, -0.2) is 0 Å². The molecule has 0 heterocycles. The lowest BCUT2D eigenvalue weighted by Crippen LogP contribution is -2.26. The van der Waals surface area contributed by atoms with Gasteiger partial charge in [0.05, 0.1) is 6.42 Å². The summed E-state index contributed by atoms with van der Waals surface area (Å²) in [6, 6.07) is 14.0. The summed E-state index contributed by atoms with van der Waals surface area (Å²) in [6.45, 7) is 0.0633. The smallest absolute Gasteiger partial charge is 0.305 e. The van der Waals surface area contributed by atoms with E-state index in [1.807, 2.05) is 12.1 Å². The monoisotopic (exact) mass is 442 g/mol. The van der Waals surface area contributed by atoms with Gasteiger partial charge in [0, 0.05) is 17.8 Å². The molecule has 1 aliphatic rings. The molecule has 0 aromatic heterocycles. The Hall–Kier alpha value is -2.86. The quantitative estimate of drug-likeness (QED) is 0.482. The topological polar surface area (TPSA) is 95.5 Å². The lowest BCUT2D eigenvalue weighted by Gasteiger charge is -2.23. The van der Waals surface area contributed by atoms with Crippen LogP contribution in [0.4, 0.5) is 5.69 Å². The van der Waals surface area contributed by atoms with E-state index in [4.69, 9.17) is 16.7 Å². The summed E-state index contributed by atoms with van der Waals surface area (Å²) in [7, 11) is 0. The summed E-state index contributed by atoms with van der Waals surface area (Å²) in [5, 5.41) is 13.8. The first kappa shape index (κ1) is 22.8. The SMILES string of the molecule is O=C(O)CCNC(=O)c1ccc(NC(C(=O)Cl)c2ccc(C3CCCCC3)cc2)cc1. The average Bonchev–Trinajstić information content (AvgIpc) is 2.78. The molecule has 7 heteroatoms. The van der Waals surface area contributed by atoms with Crippen LogP contribution in [0.5, 0.6) is 0 Å². The molecule has 31 heavy (non-hydrogen) atoms. The van der Waals surface area contributed by atoms with Gasteiger partial charge >= 0.3 is 5.97 Å². The normalized spacial score (nSPS) is 15.1. The van der Waals surface area contributed by atoms with E-state index in [9.17, 15) is 14.4 Å². The van der Waals surface area contributed by atoms with Gasteiger partial charge in [-0.15, -0.1) is 0 Å². The number of benzene rings is 2. The number of carbonyl (C=O) groups excluding carboxylic acids is 2. The highest BCUT2D eigenvalue weighted by molar-refractivity contribution is 6.64. The maximum Gasteiger partial charge on any atom is 0.305 e. The Morgan fingerprint density at radius 1 is 0.968 bits per heavy atom. The third-order valence-corrected chi connectivity index (χ3v) is 5.87. The minimum absolute atomic E-state index is 0.0633. The second-order valence-electron chi connectivity index (χ2n) is 7.86. The maximum atomic E-state index is 12.1. The Labute approximate surface area is 187 Å². The van der Waals surface area contributed by atoms with E-state index in [0.29, 0.717) is 17.2 Å². The zero-order chi connectivity index (χ0) is 22.2. The highest BCUT2D eigenvalue weighted by Gasteiger charge is 2.20. The van der Waals surface area contributed by atoms with E-state index in [2.05, 4.69) is 22.8 Å². The van der Waals surface area contributed by atoms with Crippen molar-refractivity contribution in [3.8, 4) is 0 Å². The van der Waals surface area contributed by atoms with Gasteiger partial charge in [0.1, 0.15) is 6.04 Å². The van der Waals surface area contributed by atoms with Crippen LogP contribution in [-0.2, 0) is 9.59 Å². The van der Waals surface area contributed by atoms with Gasteiger partial charge in [-0.05, 0) is 65.8 Å². The van der Waals surface area contributed by atoms with E-state index in [1.165, 1.54) is 37.7 Å². The first-order valence-electron chi connectivity index (χ1n) is 10.6. The molecule has 2 aromatic carbocycles. The number of nitrogens with one attached hydrogen (secondary N) is 2. The first-order valence-corrected chi connectivity index (χ1v) is 11.0.